The van der Waals surface area contributed by atoms with Crippen molar-refractivity contribution < 1.29 is 14.6 Å². The molecule has 2 fully saturated rings. The molecule has 2 aliphatic heterocycles. The van der Waals surface area contributed by atoms with E-state index >= 15 is 0 Å². The summed E-state index contributed by atoms with van der Waals surface area (Å²) in [6, 6.07) is 0. The first-order valence-corrected chi connectivity index (χ1v) is 5.77. The van der Waals surface area contributed by atoms with Crippen LogP contribution in [0.5, 0.6) is 0 Å². The zero-order valence-electron chi connectivity index (χ0n) is 9.19. The van der Waals surface area contributed by atoms with Gasteiger partial charge in [0.25, 0.3) is 5.91 Å². The van der Waals surface area contributed by atoms with E-state index in [1.807, 2.05) is 11.8 Å². The van der Waals surface area contributed by atoms with Gasteiger partial charge in [0.2, 0.25) is 0 Å². The minimum absolute atomic E-state index is 0.117. The largest absolute Gasteiger partial charge is 0.393 e. The van der Waals surface area contributed by atoms with Crippen LogP contribution < -0.4 is 0 Å². The number of aliphatic hydroxyl groups excluding tert-OH is 1. The Kier molecular flexibility index (Phi) is 3.26. The molecule has 0 spiro atoms. The number of hydrogen-bond donors (Lipinski definition) is 1. The molecule has 0 aliphatic carbocycles. The number of nitrogens with zero attached hydrogens (tertiary/aromatic N) is 1. The van der Waals surface area contributed by atoms with Gasteiger partial charge < -0.3 is 14.7 Å². The second kappa shape index (κ2) is 4.49. The molecule has 15 heavy (non-hydrogen) atoms. The second-order valence-corrected chi connectivity index (χ2v) is 4.62. The smallest absolute Gasteiger partial charge is 0.251 e. The van der Waals surface area contributed by atoms with Gasteiger partial charge in [-0.05, 0) is 25.2 Å². The van der Waals surface area contributed by atoms with Gasteiger partial charge in [-0.3, -0.25) is 4.79 Å². The Bertz CT molecular complexity index is 238. The third-order valence-corrected chi connectivity index (χ3v) is 3.38. The minimum Gasteiger partial charge on any atom is -0.393 e. The molecule has 0 bridgehead atoms. The Morgan fingerprint density at radius 3 is 2.87 bits per heavy atom. The maximum absolute atomic E-state index is 12.0. The quantitative estimate of drug-likeness (QED) is 0.685. The molecule has 4 nitrogen and oxygen atoms in total. The zero-order valence-corrected chi connectivity index (χ0v) is 9.19. The van der Waals surface area contributed by atoms with E-state index in [0.29, 0.717) is 26.1 Å². The summed E-state index contributed by atoms with van der Waals surface area (Å²) < 4.78 is 5.38. The number of aliphatic hydroxyl groups is 1. The van der Waals surface area contributed by atoms with Crippen LogP contribution in [0.3, 0.4) is 0 Å². The first-order chi connectivity index (χ1) is 7.18. The Balaban J connectivity index is 1.90. The molecule has 86 valence electrons. The molecule has 2 saturated heterocycles. The number of hydrogen-bond acceptors (Lipinski definition) is 3. The summed E-state index contributed by atoms with van der Waals surface area (Å²) in [5.41, 5.74) is 0. The van der Waals surface area contributed by atoms with E-state index in [9.17, 15) is 9.90 Å². The van der Waals surface area contributed by atoms with Crippen molar-refractivity contribution in [2.24, 2.45) is 5.92 Å². The van der Waals surface area contributed by atoms with Crippen molar-refractivity contribution in [2.75, 3.05) is 19.7 Å². The molecular weight excluding hydrogens is 194 g/mol. The van der Waals surface area contributed by atoms with Crippen molar-refractivity contribution in [2.45, 2.75) is 38.4 Å². The third kappa shape index (κ3) is 2.32. The summed E-state index contributed by atoms with van der Waals surface area (Å²) in [6.07, 6.45) is 2.07. The third-order valence-electron chi connectivity index (χ3n) is 3.38. The molecule has 2 aliphatic rings. The van der Waals surface area contributed by atoms with E-state index in [2.05, 4.69) is 0 Å². The molecule has 0 aromatic heterocycles. The van der Waals surface area contributed by atoms with Gasteiger partial charge in [0.05, 0.1) is 6.10 Å². The normalized spacial score (nSPS) is 36.9. The van der Waals surface area contributed by atoms with E-state index in [1.54, 1.807) is 0 Å². The van der Waals surface area contributed by atoms with Gasteiger partial charge in [0.1, 0.15) is 6.10 Å². The maximum Gasteiger partial charge on any atom is 0.251 e. The van der Waals surface area contributed by atoms with E-state index in [-0.39, 0.29) is 24.0 Å². The first-order valence-electron chi connectivity index (χ1n) is 5.77. The lowest BCUT2D eigenvalue weighted by Crippen LogP contribution is -2.48. The van der Waals surface area contributed by atoms with Crippen molar-refractivity contribution in [1.29, 1.82) is 0 Å². The predicted octanol–water partition coefficient (Wildman–Crippen LogP) is 0.395. The standard InChI is InChI=1S/C11H19NO3/c1-8-7-12(5-4-9(8)13)11(14)10-3-2-6-15-10/h8-10,13H,2-7H2,1H3/t8?,9?,10-/m0/s1. The number of carbonyl (C=O) groups excluding carboxylic acids is 1. The molecule has 1 N–H and O–H groups in total. The molecule has 0 aromatic carbocycles. The van der Waals surface area contributed by atoms with Crippen LogP contribution in [0.4, 0.5) is 0 Å². The summed E-state index contributed by atoms with van der Waals surface area (Å²) in [4.78, 5) is 13.8. The summed E-state index contributed by atoms with van der Waals surface area (Å²) >= 11 is 0. The fourth-order valence-corrected chi connectivity index (χ4v) is 2.31. The number of rotatable bonds is 1. The number of amides is 1. The van der Waals surface area contributed by atoms with Crippen LogP contribution in [-0.4, -0.2) is 47.8 Å². The van der Waals surface area contributed by atoms with Gasteiger partial charge in [-0.2, -0.15) is 0 Å². The average molecular weight is 213 g/mol. The zero-order chi connectivity index (χ0) is 10.8. The Hall–Kier alpha value is -0.610. The van der Waals surface area contributed by atoms with Gasteiger partial charge in [0.15, 0.2) is 0 Å². The van der Waals surface area contributed by atoms with Gasteiger partial charge in [-0.1, -0.05) is 6.92 Å². The molecule has 0 aromatic rings. The lowest BCUT2D eigenvalue weighted by molar-refractivity contribution is -0.144. The number of piperidine rings is 1. The van der Waals surface area contributed by atoms with Gasteiger partial charge in [0, 0.05) is 19.7 Å². The van der Waals surface area contributed by atoms with Gasteiger partial charge >= 0.3 is 0 Å². The monoisotopic (exact) mass is 213 g/mol. The fourth-order valence-electron chi connectivity index (χ4n) is 2.31. The number of carbonyl (C=O) groups is 1. The average Bonchev–Trinajstić information content (AvgIpc) is 2.74. The Labute approximate surface area is 90.2 Å². The minimum atomic E-state index is -0.251. The van der Waals surface area contributed by atoms with Gasteiger partial charge in [-0.25, -0.2) is 0 Å². The van der Waals surface area contributed by atoms with Crippen LogP contribution >= 0.6 is 0 Å². The first kappa shape index (κ1) is 10.9. The lowest BCUT2D eigenvalue weighted by atomic mass is 9.96. The van der Waals surface area contributed by atoms with Crippen molar-refractivity contribution in [3.8, 4) is 0 Å². The van der Waals surface area contributed by atoms with Crippen LogP contribution in [0.15, 0.2) is 0 Å². The van der Waals surface area contributed by atoms with Crippen molar-refractivity contribution in [1.82, 2.24) is 4.90 Å². The second-order valence-electron chi connectivity index (χ2n) is 4.62. The summed E-state index contributed by atoms with van der Waals surface area (Å²) in [5.74, 6) is 0.301. The molecule has 0 radical (unpaired) electrons. The molecule has 2 unspecified atom stereocenters. The van der Waals surface area contributed by atoms with Gasteiger partial charge in [-0.15, -0.1) is 0 Å². The molecule has 4 heteroatoms. The summed E-state index contributed by atoms with van der Waals surface area (Å²) in [7, 11) is 0. The van der Waals surface area contributed by atoms with E-state index < -0.39 is 0 Å². The summed E-state index contributed by atoms with van der Waals surface area (Å²) in [6.45, 7) is 4.03. The highest BCUT2D eigenvalue weighted by Crippen LogP contribution is 2.20. The van der Waals surface area contributed by atoms with Crippen LogP contribution in [0.2, 0.25) is 0 Å². The van der Waals surface area contributed by atoms with Crippen LogP contribution in [0.25, 0.3) is 0 Å². The Morgan fingerprint density at radius 1 is 1.47 bits per heavy atom. The highest BCUT2D eigenvalue weighted by molar-refractivity contribution is 5.81. The molecule has 3 atom stereocenters. The molecule has 2 rings (SSSR count). The highest BCUT2D eigenvalue weighted by Gasteiger charge is 2.32. The predicted molar refractivity (Wildman–Crippen MR) is 55.3 cm³/mol. The molecule has 0 saturated carbocycles. The number of likely N-dealkylation sites (tertiary alicyclic amines) is 1. The molecule has 2 heterocycles. The maximum atomic E-state index is 12.0. The van der Waals surface area contributed by atoms with Crippen molar-refractivity contribution in [3.05, 3.63) is 0 Å². The van der Waals surface area contributed by atoms with Crippen LogP contribution in [0.1, 0.15) is 26.2 Å². The molecular formula is C11H19NO3. The lowest BCUT2D eigenvalue weighted by Gasteiger charge is -2.35. The topological polar surface area (TPSA) is 49.8 Å². The van der Waals surface area contributed by atoms with Crippen molar-refractivity contribution >= 4 is 5.91 Å². The van der Waals surface area contributed by atoms with Crippen LogP contribution in [-0.2, 0) is 9.53 Å². The Morgan fingerprint density at radius 2 is 2.27 bits per heavy atom. The summed E-state index contributed by atoms with van der Waals surface area (Å²) in [5, 5.41) is 9.57. The SMILES string of the molecule is CC1CN(C(=O)[C@@H]2CCCO2)CCC1O. The highest BCUT2D eigenvalue weighted by atomic mass is 16.5. The molecule has 1 amide bonds. The van der Waals surface area contributed by atoms with E-state index in [4.69, 9.17) is 4.74 Å². The fraction of sp³-hybridized carbons (Fsp3) is 0.909. The van der Waals surface area contributed by atoms with E-state index in [0.717, 1.165) is 12.8 Å². The van der Waals surface area contributed by atoms with Crippen molar-refractivity contribution in [3.63, 3.8) is 0 Å². The van der Waals surface area contributed by atoms with Crippen LogP contribution in [0, 0.1) is 5.92 Å². The van der Waals surface area contributed by atoms with E-state index in [1.165, 1.54) is 0 Å². The number of ether oxygens (including phenoxy) is 1.